The van der Waals surface area contributed by atoms with E-state index < -0.39 is 99.5 Å². The standard InChI is InChI=1S/C34H49Cl2N3O6.C25H34Cl2N2O5S.C23H29Cl2NO4S.C12H12N2O8.2C2HF3O2.CH3F.CH4/c1-3-42-13-5-8-29(40)9-10-34(41)38-12-15-44-17-19-45-18-16-43-14-11-37-23-26-6-4-7-27(20-26)31-24-39(2)25-32-30(31)21-28(35)22-33(32)36;1-29-17-23(22-15-20(26)16-25(27)24(22)18-29)19-4-2-5-21(14-19)35(30,31)13-3-7-32-9-11-34-12-10-33-8-6-28;1-3-29-9-10-30-8-5-11-31(27,28)19-7-4-6-17(12-19)21-15-26(2)16-22-20(21)13-18(24)14-23(22)25;15-7-1-2-8(16)13(7)21-11(19)5-6-12(20)22-14-9(17)3-4-10(14)18;2*3-2(4,5)1(6)7;1-2;/h4,6-7,20-22,31,37H,3,5,8-19,23-25H2,1-2H3,(H,38,41);2,4-5,14-16,23H,3,6-13,17-18,28H2,1H3;4,6-7,12-14,21H,3,5,8-11,15-16H2,1-2H3;1-6H2;2*(H,6,7);1H3;1H4/i;;;;;;1D;. The van der Waals surface area contributed by atoms with E-state index in [1.54, 1.807) is 48.5 Å². The van der Waals surface area contributed by atoms with Gasteiger partial charge in [0, 0.05) is 191 Å². The summed E-state index contributed by atoms with van der Waals surface area (Å²) < 4.78 is 179. The van der Waals surface area contributed by atoms with Crippen LogP contribution in [0, 0.1) is 0 Å². The SMILES string of the molecule is C.CCOCCCC(=O)CCC(=O)NCCOCCOCCOCCNCc1cccc(C2CN(C)Cc3c(Cl)cc(Cl)cc32)c1.CCOCCOCCCS(=O)(=O)c1cccc(C2CN(C)Cc3c(Cl)cc(Cl)cc32)c1.CN1Cc2c(Cl)cc(Cl)cc2C(c2cccc(S(=O)(=O)CCCOCCOCCOCCN)c2)C1.O=C(CCC(=O)ON1C(=O)CCC1=O)ON1C(=O)CCC1=O.O=C(O)C(F)(F)F.O=C(O)C(F)(F)F.[2H]CF. The van der Waals surface area contributed by atoms with Gasteiger partial charge in [-0.1, -0.05) is 126 Å². The second-order valence-electron chi connectivity index (χ2n) is 33.7. The van der Waals surface area contributed by atoms with Gasteiger partial charge >= 0.3 is 36.2 Å². The van der Waals surface area contributed by atoms with Crippen molar-refractivity contribution in [3.8, 4) is 0 Å². The molecule has 3 atom stereocenters. The summed E-state index contributed by atoms with van der Waals surface area (Å²) in [7, 11) is -1.66. The van der Waals surface area contributed by atoms with Crippen molar-refractivity contribution in [2.45, 2.75) is 164 Å². The van der Waals surface area contributed by atoms with Crippen LogP contribution in [0.2, 0.25) is 30.1 Å². The minimum absolute atomic E-state index is 0. The number of aliphatic carboxylic acids is 2. The zero-order valence-electron chi connectivity index (χ0n) is 84.2. The number of rotatable bonds is 52. The number of fused-ring (bicyclic) bond motifs is 3. The predicted molar refractivity (Wildman–Crippen MR) is 547 cm³/mol. The van der Waals surface area contributed by atoms with E-state index in [4.69, 9.17) is 139 Å². The average molecular weight is 2290 g/mol. The van der Waals surface area contributed by atoms with Crippen LogP contribution in [0.1, 0.15) is 173 Å². The third-order valence-corrected chi connectivity index (χ3v) is 27.4. The fourth-order valence-electron chi connectivity index (χ4n) is 15.1. The Balaban J connectivity index is 0.000000404. The van der Waals surface area contributed by atoms with Gasteiger partial charge in [-0.3, -0.25) is 33.2 Å². The van der Waals surface area contributed by atoms with Crippen LogP contribution in [-0.4, -0.2) is 321 Å². The number of imide groups is 2. The van der Waals surface area contributed by atoms with Gasteiger partial charge in [0.15, 0.2) is 19.7 Å². The fourth-order valence-corrected chi connectivity index (χ4v) is 19.4. The van der Waals surface area contributed by atoms with Gasteiger partial charge in [0.2, 0.25) is 5.91 Å². The molecular weight excluding hydrogens is 2150 g/mol. The number of nitrogens with zero attached hydrogens (tertiary/aromatic N) is 5. The molecule has 0 spiro atoms. The lowest BCUT2D eigenvalue weighted by atomic mass is 9.84. The van der Waals surface area contributed by atoms with Crippen LogP contribution < -0.4 is 16.4 Å². The number of halogens is 13. The number of carboxylic acids is 2. The topological polar surface area (TPSA) is 447 Å². The molecule has 3 unspecified atom stereocenters. The first kappa shape index (κ1) is 132. The van der Waals surface area contributed by atoms with Crippen molar-refractivity contribution in [2.75, 3.05) is 198 Å². The minimum atomic E-state index is -5.08. The van der Waals surface area contributed by atoms with Crippen LogP contribution in [0.15, 0.2) is 119 Å². The fraction of sp³-hybridized carbons (Fsp3) is 0.540. The number of benzene rings is 6. The van der Waals surface area contributed by atoms with Gasteiger partial charge in [0.1, 0.15) is 5.78 Å². The van der Waals surface area contributed by atoms with E-state index >= 15 is 0 Å². The minimum Gasteiger partial charge on any atom is -0.475 e. The number of hydrogen-bond donors (Lipinski definition) is 5. The quantitative estimate of drug-likeness (QED) is 0.0134. The Hall–Kier alpha value is -8.79. The van der Waals surface area contributed by atoms with Crippen LogP contribution in [0.3, 0.4) is 0 Å². The van der Waals surface area contributed by atoms with E-state index in [-0.39, 0.29) is 86.9 Å². The lowest BCUT2D eigenvalue weighted by molar-refractivity contribution is -0.201. The number of nitrogens with two attached hydrogens (primary N) is 1. The van der Waals surface area contributed by atoms with Gasteiger partial charge < -0.3 is 93.6 Å². The molecule has 6 aromatic carbocycles. The number of hydroxylamine groups is 4. The second-order valence-corrected chi connectivity index (χ2v) is 40.4. The Morgan fingerprint density at radius 3 is 1.12 bits per heavy atom. The Labute approximate surface area is 900 Å². The first-order chi connectivity index (χ1) is 71.2. The molecule has 0 bridgehead atoms. The molecule has 2 saturated heterocycles. The Morgan fingerprint density at radius 1 is 0.440 bits per heavy atom. The Kier molecular flexibility index (Phi) is 61.9. The molecule has 11 rings (SSSR count). The Bertz CT molecular complexity index is 5450. The number of ketones is 1. The van der Waals surface area contributed by atoms with Crippen molar-refractivity contribution in [2.24, 2.45) is 5.73 Å². The van der Waals surface area contributed by atoms with Crippen LogP contribution in [0.4, 0.5) is 30.7 Å². The molecule has 0 saturated carbocycles. The summed E-state index contributed by atoms with van der Waals surface area (Å²) in [6, 6.07) is 34.4. The van der Waals surface area contributed by atoms with Crippen molar-refractivity contribution in [3.05, 3.63) is 195 Å². The highest BCUT2D eigenvalue weighted by atomic mass is 35.5. The molecule has 0 radical (unpaired) electrons. The lowest BCUT2D eigenvalue weighted by Crippen LogP contribution is -2.33. The summed E-state index contributed by atoms with van der Waals surface area (Å²) in [6.07, 6.45) is -8.76. The first-order valence-electron chi connectivity index (χ1n) is 48.1. The molecule has 5 aliphatic heterocycles. The molecule has 150 heavy (non-hydrogen) atoms. The molecule has 0 aromatic heterocycles. The summed E-state index contributed by atoms with van der Waals surface area (Å²) in [5, 5.41) is 25.1. The van der Waals surface area contributed by atoms with Crippen molar-refractivity contribution in [1.29, 1.82) is 0 Å². The number of carbonyl (C=O) groups is 10. The van der Waals surface area contributed by atoms with Crippen LogP contribution in [0.25, 0.3) is 0 Å². The van der Waals surface area contributed by atoms with E-state index in [9.17, 15) is 85.9 Å². The summed E-state index contributed by atoms with van der Waals surface area (Å²) in [5.74, 6) is -9.76. The highest BCUT2D eigenvalue weighted by molar-refractivity contribution is 7.91. The number of amides is 5. The first-order valence-corrected chi connectivity index (χ1v) is 53.0. The third kappa shape index (κ3) is 49.3. The normalized spacial score (nSPS) is 15.6. The molecule has 5 aliphatic rings. The number of carboxylic acid groups (broad SMARTS) is 2. The van der Waals surface area contributed by atoms with Gasteiger partial charge in [0.25, 0.3) is 23.6 Å². The molecular formula is C100H133Cl6F7N8O27S2. The Morgan fingerprint density at radius 2 is 0.760 bits per heavy atom. The zero-order valence-corrected chi connectivity index (χ0v) is 89.3. The third-order valence-electron chi connectivity index (χ3n) is 22.1. The van der Waals surface area contributed by atoms with E-state index in [1.165, 1.54) is 16.7 Å². The molecule has 5 heterocycles. The van der Waals surface area contributed by atoms with Gasteiger partial charge in [-0.25, -0.2) is 36.0 Å². The predicted octanol–water partition coefficient (Wildman–Crippen LogP) is 15.0. The van der Waals surface area contributed by atoms with E-state index in [2.05, 4.69) is 72.4 Å². The number of sulfone groups is 2. The highest BCUT2D eigenvalue weighted by Gasteiger charge is 2.41. The van der Waals surface area contributed by atoms with E-state index in [0.717, 1.165) is 96.3 Å². The number of likely N-dealkylation sites (N-methyl/N-ethyl adjacent to an activating group) is 3. The van der Waals surface area contributed by atoms with Crippen LogP contribution in [0.5, 0.6) is 0 Å². The van der Waals surface area contributed by atoms with E-state index in [0.29, 0.717) is 203 Å². The summed E-state index contributed by atoms with van der Waals surface area (Å²) in [4.78, 5) is 126. The molecule has 50 heteroatoms. The molecule has 5 amide bonds. The smallest absolute Gasteiger partial charge is 0.475 e. The highest BCUT2D eigenvalue weighted by Crippen LogP contribution is 2.43. The molecule has 35 nitrogen and oxygen atoms in total. The number of Topliss-reactive ketones (excluding diaryl/α,β-unsaturated/α-hetero) is 1. The van der Waals surface area contributed by atoms with Crippen LogP contribution >= 0.6 is 69.6 Å². The zero-order chi connectivity index (χ0) is 111. The van der Waals surface area contributed by atoms with Crippen molar-refractivity contribution < 1.29 is 159 Å². The monoisotopic (exact) mass is 2290 g/mol. The number of ether oxygens (including phenoxy) is 9. The maximum atomic E-state index is 13.0. The van der Waals surface area contributed by atoms with Crippen molar-refractivity contribution in [3.63, 3.8) is 0 Å². The maximum absolute atomic E-state index is 13.0. The number of alkyl halides is 7. The number of nitrogens with one attached hydrogen (secondary N) is 2. The van der Waals surface area contributed by atoms with Gasteiger partial charge in [0.05, 0.1) is 129 Å². The van der Waals surface area contributed by atoms with Crippen molar-refractivity contribution >= 4 is 148 Å². The van der Waals surface area contributed by atoms with Crippen LogP contribution in [-0.2, 0) is 146 Å². The molecule has 838 valence electrons. The molecule has 2 fully saturated rings. The average Bonchev–Trinajstić information content (AvgIpc) is 1.19. The van der Waals surface area contributed by atoms with E-state index in [1.807, 2.05) is 58.3 Å². The van der Waals surface area contributed by atoms with Gasteiger partial charge in [-0.15, -0.1) is 10.1 Å². The summed E-state index contributed by atoms with van der Waals surface area (Å²) in [5.41, 5.74) is 16.3. The number of carbonyl (C=O) groups excluding carboxylic acids is 8. The maximum Gasteiger partial charge on any atom is 0.490 e. The second kappa shape index (κ2) is 70.6. The number of hydrogen-bond acceptors (Lipinski definition) is 30. The summed E-state index contributed by atoms with van der Waals surface area (Å²) in [6.45, 7) is 19.8. The molecule has 0 aliphatic carbocycles. The largest absolute Gasteiger partial charge is 0.490 e. The summed E-state index contributed by atoms with van der Waals surface area (Å²) >= 11 is 38.4. The van der Waals surface area contributed by atoms with Gasteiger partial charge in [-0.05, 0) is 171 Å². The van der Waals surface area contributed by atoms with Crippen molar-refractivity contribution in [1.82, 2.24) is 35.5 Å². The molecule has 6 aromatic rings. The van der Waals surface area contributed by atoms with Gasteiger partial charge in [-0.2, -0.15) is 26.3 Å². The lowest BCUT2D eigenvalue weighted by Gasteiger charge is -2.33. The molecule has 6 N–H and O–H groups in total.